The summed E-state index contributed by atoms with van der Waals surface area (Å²) in [6.07, 6.45) is 1.16. The number of hydrogen-bond donors (Lipinski definition) is 1. The Labute approximate surface area is 103 Å². The maximum atomic E-state index is 5.42. The molecule has 0 bridgehead atoms. The summed E-state index contributed by atoms with van der Waals surface area (Å²) in [5, 5.41) is 3.55. The Hall–Kier alpha value is -1.06. The van der Waals surface area contributed by atoms with Crippen molar-refractivity contribution in [2.24, 2.45) is 5.92 Å². The molecule has 0 radical (unpaired) electrons. The number of hydrogen-bond acceptors (Lipinski definition) is 3. The van der Waals surface area contributed by atoms with E-state index in [9.17, 15) is 0 Å². The zero-order valence-corrected chi connectivity index (χ0v) is 10.6. The molecular weight excluding hydrogens is 214 g/mol. The topological polar surface area (TPSA) is 30.5 Å². The van der Waals surface area contributed by atoms with Crippen molar-refractivity contribution in [3.8, 4) is 0 Å². The van der Waals surface area contributed by atoms with Gasteiger partial charge in [-0.3, -0.25) is 0 Å². The molecule has 0 aliphatic carbocycles. The van der Waals surface area contributed by atoms with Gasteiger partial charge in [-0.2, -0.15) is 0 Å². The largest absolute Gasteiger partial charge is 0.382 e. The average molecular weight is 235 g/mol. The van der Waals surface area contributed by atoms with Gasteiger partial charge in [0.15, 0.2) is 0 Å². The summed E-state index contributed by atoms with van der Waals surface area (Å²) in [4.78, 5) is 0. The lowest BCUT2D eigenvalue weighted by Gasteiger charge is -2.20. The molecule has 2 rings (SSSR count). The summed E-state index contributed by atoms with van der Waals surface area (Å²) in [5.74, 6) is 0.626. The molecule has 1 aromatic carbocycles. The van der Waals surface area contributed by atoms with E-state index in [-0.39, 0.29) is 0 Å². The molecule has 1 fully saturated rings. The van der Waals surface area contributed by atoms with Crippen LogP contribution in [0.15, 0.2) is 24.3 Å². The van der Waals surface area contributed by atoms with Crippen molar-refractivity contribution >= 4 is 5.69 Å². The molecule has 1 aliphatic heterocycles. The van der Waals surface area contributed by atoms with Gasteiger partial charge in [-0.1, -0.05) is 12.1 Å². The standard InChI is InChI=1S/C14H21NO2/c1-11(13-6-7-17-10-13)15-14-5-3-4-12(8-14)9-16-2/h3-5,8,11,13,15H,6-7,9-10H2,1-2H3. The quantitative estimate of drug-likeness (QED) is 0.851. The molecular formula is C14H21NO2. The van der Waals surface area contributed by atoms with Crippen molar-refractivity contribution in [2.45, 2.75) is 26.0 Å². The normalized spacial score (nSPS) is 21.4. The third-order valence-electron chi connectivity index (χ3n) is 3.30. The lowest BCUT2D eigenvalue weighted by Crippen LogP contribution is -2.26. The number of anilines is 1. The van der Waals surface area contributed by atoms with Gasteiger partial charge in [0.25, 0.3) is 0 Å². The molecule has 17 heavy (non-hydrogen) atoms. The van der Waals surface area contributed by atoms with Crippen LogP contribution < -0.4 is 5.32 Å². The first kappa shape index (κ1) is 12.4. The third kappa shape index (κ3) is 3.45. The van der Waals surface area contributed by atoms with Crippen LogP contribution in [0.1, 0.15) is 18.9 Å². The van der Waals surface area contributed by atoms with E-state index in [1.807, 2.05) is 0 Å². The highest BCUT2D eigenvalue weighted by Gasteiger charge is 2.21. The summed E-state index contributed by atoms with van der Waals surface area (Å²) < 4.78 is 10.6. The van der Waals surface area contributed by atoms with Crippen LogP contribution in [0.5, 0.6) is 0 Å². The summed E-state index contributed by atoms with van der Waals surface area (Å²) in [6.45, 7) is 4.67. The fraction of sp³-hybridized carbons (Fsp3) is 0.571. The zero-order chi connectivity index (χ0) is 12.1. The number of rotatable bonds is 5. The van der Waals surface area contributed by atoms with E-state index in [1.165, 1.54) is 11.3 Å². The maximum Gasteiger partial charge on any atom is 0.0713 e. The molecule has 0 saturated carbocycles. The second-order valence-electron chi connectivity index (χ2n) is 4.69. The van der Waals surface area contributed by atoms with Crippen LogP contribution in [0, 0.1) is 5.92 Å². The van der Waals surface area contributed by atoms with Crippen LogP contribution in [0.4, 0.5) is 5.69 Å². The van der Waals surface area contributed by atoms with Crippen LogP contribution >= 0.6 is 0 Å². The monoisotopic (exact) mass is 235 g/mol. The smallest absolute Gasteiger partial charge is 0.0713 e. The first-order valence-corrected chi connectivity index (χ1v) is 6.22. The zero-order valence-electron chi connectivity index (χ0n) is 10.6. The van der Waals surface area contributed by atoms with Crippen LogP contribution in [-0.4, -0.2) is 26.4 Å². The molecule has 3 nitrogen and oxygen atoms in total. The van der Waals surface area contributed by atoms with Gasteiger partial charge in [0.2, 0.25) is 0 Å². The molecule has 2 atom stereocenters. The number of benzene rings is 1. The molecule has 1 N–H and O–H groups in total. The summed E-state index contributed by atoms with van der Waals surface area (Å²) in [6, 6.07) is 8.85. The molecule has 94 valence electrons. The van der Waals surface area contributed by atoms with Crippen LogP contribution in [0.25, 0.3) is 0 Å². The van der Waals surface area contributed by atoms with Gasteiger partial charge in [-0.15, -0.1) is 0 Å². The van der Waals surface area contributed by atoms with Crippen LogP contribution in [-0.2, 0) is 16.1 Å². The molecule has 3 heteroatoms. The lowest BCUT2D eigenvalue weighted by molar-refractivity contribution is 0.183. The van der Waals surface area contributed by atoms with Gasteiger partial charge < -0.3 is 14.8 Å². The summed E-state index contributed by atoms with van der Waals surface area (Å²) in [7, 11) is 1.72. The van der Waals surface area contributed by atoms with E-state index in [0.29, 0.717) is 18.6 Å². The van der Waals surface area contributed by atoms with Crippen LogP contribution in [0.3, 0.4) is 0 Å². The van der Waals surface area contributed by atoms with Crippen molar-refractivity contribution in [1.82, 2.24) is 0 Å². The van der Waals surface area contributed by atoms with E-state index in [2.05, 4.69) is 36.5 Å². The minimum absolute atomic E-state index is 0.454. The van der Waals surface area contributed by atoms with Gasteiger partial charge in [0.1, 0.15) is 0 Å². The average Bonchev–Trinajstić information content (AvgIpc) is 2.83. The number of nitrogens with one attached hydrogen (secondary N) is 1. The minimum Gasteiger partial charge on any atom is -0.382 e. The summed E-state index contributed by atoms with van der Waals surface area (Å²) >= 11 is 0. The van der Waals surface area contributed by atoms with Gasteiger partial charge in [-0.05, 0) is 31.0 Å². The van der Waals surface area contributed by atoms with Crippen molar-refractivity contribution in [3.05, 3.63) is 29.8 Å². The Bertz CT molecular complexity index is 348. The molecule has 1 aromatic rings. The lowest BCUT2D eigenvalue weighted by atomic mass is 10.0. The van der Waals surface area contributed by atoms with E-state index < -0.39 is 0 Å². The van der Waals surface area contributed by atoms with E-state index >= 15 is 0 Å². The first-order chi connectivity index (χ1) is 8.29. The SMILES string of the molecule is COCc1cccc(NC(C)C2CCOC2)c1. The highest BCUT2D eigenvalue weighted by molar-refractivity contribution is 5.46. The van der Waals surface area contributed by atoms with Crippen molar-refractivity contribution < 1.29 is 9.47 Å². The molecule has 0 aromatic heterocycles. The van der Waals surface area contributed by atoms with Gasteiger partial charge in [-0.25, -0.2) is 0 Å². The molecule has 1 aliphatic rings. The Morgan fingerprint density at radius 1 is 1.53 bits per heavy atom. The molecule has 0 amide bonds. The van der Waals surface area contributed by atoms with E-state index in [4.69, 9.17) is 9.47 Å². The highest BCUT2D eigenvalue weighted by Crippen LogP contribution is 2.21. The van der Waals surface area contributed by atoms with Crippen molar-refractivity contribution in [3.63, 3.8) is 0 Å². The van der Waals surface area contributed by atoms with Crippen molar-refractivity contribution in [2.75, 3.05) is 25.6 Å². The van der Waals surface area contributed by atoms with Gasteiger partial charge in [0, 0.05) is 31.4 Å². The second kappa shape index (κ2) is 6.03. The highest BCUT2D eigenvalue weighted by atomic mass is 16.5. The van der Waals surface area contributed by atoms with Gasteiger partial charge in [0.05, 0.1) is 13.2 Å². The van der Waals surface area contributed by atoms with Gasteiger partial charge >= 0.3 is 0 Å². The van der Waals surface area contributed by atoms with E-state index in [0.717, 1.165) is 19.6 Å². The fourth-order valence-electron chi connectivity index (χ4n) is 2.25. The minimum atomic E-state index is 0.454. The first-order valence-electron chi connectivity index (χ1n) is 6.22. The molecule has 2 unspecified atom stereocenters. The van der Waals surface area contributed by atoms with Crippen molar-refractivity contribution in [1.29, 1.82) is 0 Å². The Balaban J connectivity index is 1.94. The Morgan fingerprint density at radius 3 is 3.12 bits per heavy atom. The number of ether oxygens (including phenoxy) is 2. The Kier molecular flexibility index (Phi) is 4.40. The second-order valence-corrected chi connectivity index (χ2v) is 4.69. The maximum absolute atomic E-state index is 5.42. The van der Waals surface area contributed by atoms with Crippen LogP contribution in [0.2, 0.25) is 0 Å². The predicted octanol–water partition coefficient (Wildman–Crippen LogP) is 2.67. The predicted molar refractivity (Wildman–Crippen MR) is 69.2 cm³/mol. The van der Waals surface area contributed by atoms with E-state index in [1.54, 1.807) is 7.11 Å². The Morgan fingerprint density at radius 2 is 2.41 bits per heavy atom. The number of methoxy groups -OCH3 is 1. The summed E-state index contributed by atoms with van der Waals surface area (Å²) in [5.41, 5.74) is 2.37. The third-order valence-corrected chi connectivity index (χ3v) is 3.30. The fourth-order valence-corrected chi connectivity index (χ4v) is 2.25. The molecule has 0 spiro atoms. The molecule has 1 saturated heterocycles. The molecule has 1 heterocycles.